The Morgan fingerprint density at radius 3 is 2.65 bits per heavy atom. The minimum atomic E-state index is -0.521. The largest absolute Gasteiger partial charge is 0.486 e. The monoisotopic (exact) mass is 446 g/mol. The average Bonchev–Trinajstić information content (AvgIpc) is 2.79. The number of carbonyl (C=O) groups excluding carboxylic acids is 2. The minimum absolute atomic E-state index is 0.0577. The van der Waals surface area contributed by atoms with E-state index in [0.29, 0.717) is 59.8 Å². The number of hydrogen-bond donors (Lipinski definition) is 1. The van der Waals surface area contributed by atoms with Crippen molar-refractivity contribution in [2.45, 2.75) is 6.42 Å². The molecule has 2 heterocycles. The van der Waals surface area contributed by atoms with Crippen LogP contribution in [0.4, 0.5) is 11.4 Å². The molecule has 2 aromatic rings. The lowest BCUT2D eigenvalue weighted by atomic mass is 10.1. The molecule has 2 aliphatic heterocycles. The van der Waals surface area contributed by atoms with Gasteiger partial charge in [0, 0.05) is 18.8 Å². The summed E-state index contributed by atoms with van der Waals surface area (Å²) in [6.45, 7) is 3.59. The Bertz CT molecular complexity index is 990. The van der Waals surface area contributed by atoms with Crippen molar-refractivity contribution in [2.75, 3.05) is 56.8 Å². The lowest BCUT2D eigenvalue weighted by Gasteiger charge is -2.29. The van der Waals surface area contributed by atoms with Gasteiger partial charge in [0.05, 0.1) is 43.0 Å². The molecule has 0 atom stereocenters. The first-order chi connectivity index (χ1) is 15.0. The highest BCUT2D eigenvalue weighted by molar-refractivity contribution is 6.32. The van der Waals surface area contributed by atoms with Crippen LogP contribution >= 0.6 is 11.6 Å². The van der Waals surface area contributed by atoms with Crippen LogP contribution in [0.1, 0.15) is 15.9 Å². The molecule has 0 saturated carbocycles. The number of rotatable bonds is 5. The van der Waals surface area contributed by atoms with Crippen molar-refractivity contribution in [3.05, 3.63) is 46.5 Å². The quantitative estimate of drug-likeness (QED) is 0.706. The molecule has 8 nitrogen and oxygen atoms in total. The van der Waals surface area contributed by atoms with E-state index in [2.05, 4.69) is 10.2 Å². The van der Waals surface area contributed by atoms with Crippen molar-refractivity contribution in [1.82, 2.24) is 0 Å². The van der Waals surface area contributed by atoms with Crippen molar-refractivity contribution >= 4 is 34.9 Å². The maximum absolute atomic E-state index is 12.7. The molecule has 0 aromatic heterocycles. The van der Waals surface area contributed by atoms with E-state index >= 15 is 0 Å². The summed E-state index contributed by atoms with van der Waals surface area (Å²) in [5.74, 6) is 0.195. The maximum atomic E-state index is 12.7. The van der Waals surface area contributed by atoms with Crippen LogP contribution in [0.2, 0.25) is 5.02 Å². The number of anilines is 2. The van der Waals surface area contributed by atoms with Gasteiger partial charge in [-0.25, -0.2) is 4.79 Å². The van der Waals surface area contributed by atoms with Crippen molar-refractivity contribution in [2.24, 2.45) is 0 Å². The Morgan fingerprint density at radius 1 is 1.10 bits per heavy atom. The van der Waals surface area contributed by atoms with Crippen LogP contribution < -0.4 is 19.7 Å². The first-order valence-electron chi connectivity index (χ1n) is 9.98. The van der Waals surface area contributed by atoms with Crippen LogP contribution in [-0.2, 0) is 20.7 Å². The van der Waals surface area contributed by atoms with E-state index in [1.807, 2.05) is 6.07 Å². The third-order valence-electron chi connectivity index (χ3n) is 5.08. The summed E-state index contributed by atoms with van der Waals surface area (Å²) in [6, 6.07) is 8.73. The molecular formula is C22H23ClN2O6. The second kappa shape index (κ2) is 9.45. The molecular weight excluding hydrogens is 424 g/mol. The molecule has 1 N–H and O–H groups in total. The number of fused-ring (bicyclic) bond motifs is 1. The number of benzene rings is 2. The lowest BCUT2D eigenvalue weighted by Crippen LogP contribution is -2.36. The van der Waals surface area contributed by atoms with Crippen LogP contribution in [0.25, 0.3) is 0 Å². The molecule has 0 radical (unpaired) electrons. The Kier molecular flexibility index (Phi) is 6.48. The van der Waals surface area contributed by atoms with Gasteiger partial charge in [0.15, 0.2) is 11.5 Å². The lowest BCUT2D eigenvalue weighted by molar-refractivity contribution is -0.115. The third-order valence-corrected chi connectivity index (χ3v) is 5.36. The van der Waals surface area contributed by atoms with Crippen LogP contribution in [0.15, 0.2) is 30.3 Å². The Hall–Kier alpha value is -2.97. The summed E-state index contributed by atoms with van der Waals surface area (Å²) < 4.78 is 21.4. The number of halogens is 1. The minimum Gasteiger partial charge on any atom is -0.486 e. The fourth-order valence-corrected chi connectivity index (χ4v) is 3.87. The van der Waals surface area contributed by atoms with E-state index in [1.54, 1.807) is 24.3 Å². The van der Waals surface area contributed by atoms with Gasteiger partial charge in [-0.05, 0) is 35.9 Å². The number of amides is 1. The zero-order chi connectivity index (χ0) is 21.8. The summed E-state index contributed by atoms with van der Waals surface area (Å²) in [7, 11) is 1.31. The van der Waals surface area contributed by atoms with Gasteiger partial charge in [0.25, 0.3) is 0 Å². The van der Waals surface area contributed by atoms with Crippen LogP contribution in [0.5, 0.6) is 11.5 Å². The highest BCUT2D eigenvalue weighted by atomic mass is 35.5. The third kappa shape index (κ3) is 4.86. The van der Waals surface area contributed by atoms with Gasteiger partial charge >= 0.3 is 5.97 Å². The van der Waals surface area contributed by atoms with Crippen molar-refractivity contribution in [1.29, 1.82) is 0 Å². The predicted octanol–water partition coefficient (Wildman–Crippen LogP) is 2.92. The number of hydrogen-bond acceptors (Lipinski definition) is 7. The summed E-state index contributed by atoms with van der Waals surface area (Å²) >= 11 is 6.26. The average molecular weight is 447 g/mol. The van der Waals surface area contributed by atoms with E-state index in [4.69, 9.17) is 30.5 Å². The van der Waals surface area contributed by atoms with E-state index in [9.17, 15) is 9.59 Å². The van der Waals surface area contributed by atoms with Crippen LogP contribution in [-0.4, -0.2) is 58.5 Å². The van der Waals surface area contributed by atoms with Gasteiger partial charge < -0.3 is 29.2 Å². The van der Waals surface area contributed by atoms with Crippen molar-refractivity contribution in [3.8, 4) is 11.5 Å². The molecule has 0 unspecified atom stereocenters. The van der Waals surface area contributed by atoms with Gasteiger partial charge in [-0.15, -0.1) is 0 Å². The summed E-state index contributed by atoms with van der Waals surface area (Å²) in [4.78, 5) is 27.2. The van der Waals surface area contributed by atoms with E-state index in [1.165, 1.54) is 7.11 Å². The number of esters is 1. The molecule has 1 fully saturated rings. The first-order valence-corrected chi connectivity index (χ1v) is 10.4. The smallest absolute Gasteiger partial charge is 0.340 e. The highest BCUT2D eigenvalue weighted by Crippen LogP contribution is 2.38. The zero-order valence-corrected chi connectivity index (χ0v) is 17.9. The number of methoxy groups -OCH3 is 1. The van der Waals surface area contributed by atoms with Crippen molar-refractivity contribution < 1.29 is 28.5 Å². The molecule has 0 spiro atoms. The summed E-state index contributed by atoms with van der Waals surface area (Å²) in [6.07, 6.45) is 0.0577. The molecule has 31 heavy (non-hydrogen) atoms. The Balaban J connectivity index is 1.52. The number of nitrogens with zero attached hydrogens (tertiary/aromatic N) is 1. The number of morpholine rings is 1. The number of carbonyl (C=O) groups is 2. The molecule has 0 bridgehead atoms. The van der Waals surface area contributed by atoms with Gasteiger partial charge in [-0.2, -0.15) is 0 Å². The first kappa shape index (κ1) is 21.3. The highest BCUT2D eigenvalue weighted by Gasteiger charge is 2.20. The Morgan fingerprint density at radius 2 is 1.87 bits per heavy atom. The van der Waals surface area contributed by atoms with Crippen LogP contribution in [0, 0.1) is 0 Å². The molecule has 164 valence electrons. The predicted molar refractivity (Wildman–Crippen MR) is 116 cm³/mol. The van der Waals surface area contributed by atoms with Gasteiger partial charge in [-0.3, -0.25) is 4.79 Å². The van der Waals surface area contributed by atoms with Gasteiger partial charge in [-0.1, -0.05) is 11.6 Å². The molecule has 2 aliphatic rings. The van der Waals surface area contributed by atoms with E-state index < -0.39 is 5.97 Å². The number of nitrogens with one attached hydrogen (secondary N) is 1. The molecule has 1 saturated heterocycles. The fourth-order valence-electron chi connectivity index (χ4n) is 3.58. The van der Waals surface area contributed by atoms with Gasteiger partial charge in [0.2, 0.25) is 5.91 Å². The van der Waals surface area contributed by atoms with Crippen molar-refractivity contribution in [3.63, 3.8) is 0 Å². The SMILES string of the molecule is COC(=O)c1cc(N2CCOCC2)ccc1NC(=O)Cc1cc(Cl)c2c(c1)OCCO2. The molecule has 9 heteroatoms. The van der Waals surface area contributed by atoms with E-state index in [0.717, 1.165) is 18.8 Å². The van der Waals surface area contributed by atoms with E-state index in [-0.39, 0.29) is 12.3 Å². The molecule has 0 aliphatic carbocycles. The topological polar surface area (TPSA) is 86.3 Å². The van der Waals surface area contributed by atoms with Crippen LogP contribution in [0.3, 0.4) is 0 Å². The Labute approximate surface area is 185 Å². The standard InChI is InChI=1S/C22H23ClN2O6/c1-28-22(27)16-13-15(25-4-6-29-7-5-25)2-3-18(16)24-20(26)12-14-10-17(23)21-19(11-14)30-8-9-31-21/h2-3,10-11,13H,4-9,12H2,1H3,(H,24,26). The second-order valence-corrected chi connectivity index (χ2v) is 7.55. The van der Waals surface area contributed by atoms with Gasteiger partial charge in [0.1, 0.15) is 13.2 Å². The summed E-state index contributed by atoms with van der Waals surface area (Å²) in [5, 5.41) is 3.20. The fraction of sp³-hybridized carbons (Fsp3) is 0.364. The molecule has 4 rings (SSSR count). The maximum Gasteiger partial charge on any atom is 0.340 e. The molecule has 2 aromatic carbocycles. The number of ether oxygens (including phenoxy) is 4. The second-order valence-electron chi connectivity index (χ2n) is 7.15. The molecule has 1 amide bonds. The summed E-state index contributed by atoms with van der Waals surface area (Å²) in [5.41, 5.74) is 2.23. The normalized spacial score (nSPS) is 15.4. The zero-order valence-electron chi connectivity index (χ0n) is 17.1.